The van der Waals surface area contributed by atoms with E-state index in [4.69, 9.17) is 0 Å². The molecule has 1 aliphatic heterocycles. The van der Waals surface area contributed by atoms with Gasteiger partial charge in [0.25, 0.3) is 5.91 Å². The SMILES string of the molecule is CCC1CCCCN1c1nccc(C(=O)Nc2ccc(C(C)=O)cc2)n1. The van der Waals surface area contributed by atoms with Gasteiger partial charge in [-0.05, 0) is 62.9 Å². The van der Waals surface area contributed by atoms with Crippen LogP contribution in [0.4, 0.5) is 11.6 Å². The number of carbonyl (C=O) groups excluding carboxylic acids is 2. The van der Waals surface area contributed by atoms with Gasteiger partial charge < -0.3 is 10.2 Å². The van der Waals surface area contributed by atoms with Crippen LogP contribution in [-0.4, -0.2) is 34.2 Å². The summed E-state index contributed by atoms with van der Waals surface area (Å²) in [7, 11) is 0. The molecule has 6 heteroatoms. The number of aromatic nitrogens is 2. The van der Waals surface area contributed by atoms with Gasteiger partial charge in [0.2, 0.25) is 5.95 Å². The van der Waals surface area contributed by atoms with Crippen molar-refractivity contribution in [3.05, 3.63) is 47.8 Å². The van der Waals surface area contributed by atoms with E-state index < -0.39 is 0 Å². The molecule has 136 valence electrons. The molecule has 2 aromatic rings. The summed E-state index contributed by atoms with van der Waals surface area (Å²) >= 11 is 0. The first-order valence-corrected chi connectivity index (χ1v) is 9.10. The molecular weight excluding hydrogens is 328 g/mol. The largest absolute Gasteiger partial charge is 0.338 e. The number of amides is 1. The fraction of sp³-hybridized carbons (Fsp3) is 0.400. The van der Waals surface area contributed by atoms with Crippen molar-refractivity contribution < 1.29 is 9.59 Å². The van der Waals surface area contributed by atoms with E-state index in [0.29, 0.717) is 28.9 Å². The lowest BCUT2D eigenvalue weighted by Crippen LogP contribution is -2.40. The van der Waals surface area contributed by atoms with E-state index in [0.717, 1.165) is 25.8 Å². The van der Waals surface area contributed by atoms with Gasteiger partial charge in [-0.15, -0.1) is 0 Å². The maximum Gasteiger partial charge on any atom is 0.274 e. The van der Waals surface area contributed by atoms with Gasteiger partial charge in [-0.2, -0.15) is 0 Å². The number of benzene rings is 1. The van der Waals surface area contributed by atoms with Crippen LogP contribution in [0.1, 0.15) is 60.4 Å². The highest BCUT2D eigenvalue weighted by atomic mass is 16.2. The molecule has 1 aromatic carbocycles. The zero-order valence-electron chi connectivity index (χ0n) is 15.2. The molecule has 0 saturated carbocycles. The minimum Gasteiger partial charge on any atom is -0.338 e. The predicted octanol–water partition coefficient (Wildman–Crippen LogP) is 3.70. The fourth-order valence-corrected chi connectivity index (χ4v) is 3.28. The van der Waals surface area contributed by atoms with E-state index in [1.165, 1.54) is 13.3 Å². The number of hydrogen-bond donors (Lipinski definition) is 1. The Morgan fingerprint density at radius 3 is 2.65 bits per heavy atom. The molecule has 1 N–H and O–H groups in total. The van der Waals surface area contributed by atoms with Gasteiger partial charge in [0.05, 0.1) is 0 Å². The lowest BCUT2D eigenvalue weighted by Gasteiger charge is -2.35. The first-order valence-electron chi connectivity index (χ1n) is 9.10. The highest BCUT2D eigenvalue weighted by Gasteiger charge is 2.23. The van der Waals surface area contributed by atoms with Crippen molar-refractivity contribution in [3.8, 4) is 0 Å². The van der Waals surface area contributed by atoms with Crippen molar-refractivity contribution in [2.45, 2.75) is 45.6 Å². The third-order valence-electron chi connectivity index (χ3n) is 4.78. The average Bonchev–Trinajstić information content (AvgIpc) is 2.68. The standard InChI is InChI=1S/C20H24N4O2/c1-3-17-6-4-5-13-24(17)20-21-12-11-18(23-20)19(26)22-16-9-7-15(8-10-16)14(2)25/h7-12,17H,3-6,13H2,1-2H3,(H,22,26). The molecule has 0 aliphatic carbocycles. The number of carbonyl (C=O) groups is 2. The summed E-state index contributed by atoms with van der Waals surface area (Å²) in [5.74, 6) is 0.334. The molecule has 2 heterocycles. The number of hydrogen-bond acceptors (Lipinski definition) is 5. The summed E-state index contributed by atoms with van der Waals surface area (Å²) in [5.41, 5.74) is 1.58. The molecule has 1 aromatic heterocycles. The van der Waals surface area contributed by atoms with Crippen molar-refractivity contribution in [1.82, 2.24) is 9.97 Å². The maximum atomic E-state index is 12.5. The summed E-state index contributed by atoms with van der Waals surface area (Å²) in [6, 6.07) is 8.88. The summed E-state index contributed by atoms with van der Waals surface area (Å²) < 4.78 is 0. The van der Waals surface area contributed by atoms with E-state index in [1.807, 2.05) is 0 Å². The van der Waals surface area contributed by atoms with E-state index in [9.17, 15) is 9.59 Å². The number of anilines is 2. The van der Waals surface area contributed by atoms with Gasteiger partial charge in [0.1, 0.15) is 5.69 Å². The Morgan fingerprint density at radius 2 is 1.96 bits per heavy atom. The quantitative estimate of drug-likeness (QED) is 0.831. The molecular formula is C20H24N4O2. The zero-order chi connectivity index (χ0) is 18.5. The second-order valence-corrected chi connectivity index (χ2v) is 6.58. The monoisotopic (exact) mass is 352 g/mol. The van der Waals surface area contributed by atoms with Crippen molar-refractivity contribution in [2.24, 2.45) is 0 Å². The molecule has 1 saturated heterocycles. The summed E-state index contributed by atoms with van der Waals surface area (Å²) in [4.78, 5) is 34.9. The van der Waals surface area contributed by atoms with Crippen molar-refractivity contribution in [3.63, 3.8) is 0 Å². The minimum atomic E-state index is -0.283. The Hall–Kier alpha value is -2.76. The smallest absolute Gasteiger partial charge is 0.274 e. The van der Waals surface area contributed by atoms with Crippen LogP contribution < -0.4 is 10.2 Å². The highest BCUT2D eigenvalue weighted by molar-refractivity contribution is 6.03. The van der Waals surface area contributed by atoms with Crippen molar-refractivity contribution in [2.75, 3.05) is 16.8 Å². The minimum absolute atomic E-state index is 0.00433. The van der Waals surface area contributed by atoms with Gasteiger partial charge in [-0.3, -0.25) is 9.59 Å². The van der Waals surface area contributed by atoms with Crippen LogP contribution in [0.15, 0.2) is 36.5 Å². The second-order valence-electron chi connectivity index (χ2n) is 6.58. The Balaban J connectivity index is 1.74. The van der Waals surface area contributed by atoms with Crippen LogP contribution >= 0.6 is 0 Å². The third kappa shape index (κ3) is 4.07. The number of Topliss-reactive ketones (excluding diaryl/α,β-unsaturated/α-hetero) is 1. The molecule has 1 amide bonds. The molecule has 1 atom stereocenters. The highest BCUT2D eigenvalue weighted by Crippen LogP contribution is 2.23. The molecule has 1 fully saturated rings. The second kappa shape index (κ2) is 8.08. The number of nitrogens with zero attached hydrogens (tertiary/aromatic N) is 3. The first-order chi connectivity index (χ1) is 12.6. The van der Waals surface area contributed by atoms with Crippen molar-refractivity contribution >= 4 is 23.3 Å². The lowest BCUT2D eigenvalue weighted by atomic mass is 10.0. The average molecular weight is 352 g/mol. The Kier molecular flexibility index (Phi) is 5.61. The number of rotatable bonds is 5. The van der Waals surface area contributed by atoms with Gasteiger partial charge in [0.15, 0.2) is 5.78 Å². The lowest BCUT2D eigenvalue weighted by molar-refractivity contribution is 0.101. The zero-order valence-corrected chi connectivity index (χ0v) is 15.2. The predicted molar refractivity (Wildman–Crippen MR) is 102 cm³/mol. The summed E-state index contributed by atoms with van der Waals surface area (Å²) in [6.07, 6.45) is 6.17. The number of nitrogens with one attached hydrogen (secondary N) is 1. The molecule has 1 unspecified atom stereocenters. The molecule has 3 rings (SSSR count). The van der Waals surface area contributed by atoms with Gasteiger partial charge >= 0.3 is 0 Å². The molecule has 6 nitrogen and oxygen atoms in total. The van der Waals surface area contributed by atoms with Crippen LogP contribution in [0.5, 0.6) is 0 Å². The Labute approximate surface area is 153 Å². The normalized spacial score (nSPS) is 17.0. The van der Waals surface area contributed by atoms with Gasteiger partial charge in [-0.25, -0.2) is 9.97 Å². The van der Waals surface area contributed by atoms with E-state index >= 15 is 0 Å². The van der Waals surface area contributed by atoms with Crippen LogP contribution in [-0.2, 0) is 0 Å². The number of ketones is 1. The molecule has 26 heavy (non-hydrogen) atoms. The molecule has 1 aliphatic rings. The van der Waals surface area contributed by atoms with Crippen LogP contribution in [0, 0.1) is 0 Å². The fourth-order valence-electron chi connectivity index (χ4n) is 3.28. The van der Waals surface area contributed by atoms with E-state index in [1.54, 1.807) is 36.5 Å². The van der Waals surface area contributed by atoms with E-state index in [2.05, 4.69) is 27.1 Å². The van der Waals surface area contributed by atoms with E-state index in [-0.39, 0.29) is 11.7 Å². The molecule has 0 bridgehead atoms. The van der Waals surface area contributed by atoms with Crippen LogP contribution in [0.25, 0.3) is 0 Å². The Morgan fingerprint density at radius 1 is 1.19 bits per heavy atom. The van der Waals surface area contributed by atoms with Crippen LogP contribution in [0.2, 0.25) is 0 Å². The Bertz CT molecular complexity index is 789. The molecule has 0 spiro atoms. The van der Waals surface area contributed by atoms with Crippen LogP contribution in [0.3, 0.4) is 0 Å². The summed E-state index contributed by atoms with van der Waals surface area (Å²) in [6.45, 7) is 4.61. The number of piperidine rings is 1. The van der Waals surface area contributed by atoms with Crippen molar-refractivity contribution in [1.29, 1.82) is 0 Å². The summed E-state index contributed by atoms with van der Waals surface area (Å²) in [5, 5.41) is 2.82. The van der Waals surface area contributed by atoms with Gasteiger partial charge in [0, 0.05) is 30.0 Å². The topological polar surface area (TPSA) is 75.2 Å². The maximum absolute atomic E-state index is 12.5. The first kappa shape index (κ1) is 18.0. The molecule has 0 radical (unpaired) electrons. The van der Waals surface area contributed by atoms with Gasteiger partial charge in [-0.1, -0.05) is 6.92 Å². The third-order valence-corrected chi connectivity index (χ3v) is 4.78.